The van der Waals surface area contributed by atoms with Gasteiger partial charge < -0.3 is 9.47 Å². The molecule has 0 aliphatic heterocycles. The van der Waals surface area contributed by atoms with E-state index in [1.807, 2.05) is 48.5 Å². The lowest BCUT2D eigenvalue weighted by Crippen LogP contribution is -2.17. The molecule has 0 bridgehead atoms. The molecule has 8 nitrogen and oxygen atoms in total. The third-order valence-corrected chi connectivity index (χ3v) is 5.14. The van der Waals surface area contributed by atoms with Gasteiger partial charge in [-0.15, -0.1) is 0 Å². The molecule has 0 heterocycles. The van der Waals surface area contributed by atoms with Gasteiger partial charge in [-0.3, -0.25) is 9.59 Å². The van der Waals surface area contributed by atoms with E-state index in [2.05, 4.69) is 34.2 Å². The Balaban J connectivity index is 1.55. The average Bonchev–Trinajstić information content (AvgIpc) is 2.91. The number of unbranched alkanes of at least 4 members (excludes halogenated alkanes) is 4. The third-order valence-electron chi connectivity index (χ3n) is 5.14. The topological polar surface area (TPSA) is 101 Å². The van der Waals surface area contributed by atoms with E-state index in [9.17, 15) is 9.59 Å². The lowest BCUT2D eigenvalue weighted by Gasteiger charge is -2.06. The predicted molar refractivity (Wildman–Crippen MR) is 148 cm³/mol. The van der Waals surface area contributed by atoms with Crippen molar-refractivity contribution in [2.45, 2.75) is 44.9 Å². The zero-order chi connectivity index (χ0) is 26.6. The second-order valence-corrected chi connectivity index (χ2v) is 8.13. The lowest BCUT2D eigenvalue weighted by atomic mass is 10.1. The summed E-state index contributed by atoms with van der Waals surface area (Å²) in [4.78, 5) is 24.0. The Hall–Kier alpha value is -4.20. The van der Waals surface area contributed by atoms with Gasteiger partial charge in [0.25, 0.3) is 0 Å². The normalized spacial score (nSPS) is 10.8. The molecule has 37 heavy (non-hydrogen) atoms. The summed E-state index contributed by atoms with van der Waals surface area (Å²) >= 11 is 0. The van der Waals surface area contributed by atoms with Crippen LogP contribution < -0.4 is 20.3 Å². The highest BCUT2D eigenvalue weighted by Crippen LogP contribution is 2.16. The highest BCUT2D eigenvalue weighted by atomic mass is 16.5. The Morgan fingerprint density at radius 2 is 1.08 bits per heavy atom. The molecule has 0 spiro atoms. The zero-order valence-corrected chi connectivity index (χ0v) is 21.2. The van der Waals surface area contributed by atoms with Crippen molar-refractivity contribution in [3.05, 3.63) is 85.0 Å². The zero-order valence-electron chi connectivity index (χ0n) is 21.2. The Kier molecular flexibility index (Phi) is 14.2. The van der Waals surface area contributed by atoms with Crippen LogP contribution in [0.3, 0.4) is 0 Å². The van der Waals surface area contributed by atoms with E-state index >= 15 is 0 Å². The number of nitrogens with zero attached hydrogens (tertiary/aromatic N) is 2. The van der Waals surface area contributed by atoms with Gasteiger partial charge in [0, 0.05) is 24.0 Å². The summed E-state index contributed by atoms with van der Waals surface area (Å²) in [7, 11) is 0. The molecule has 0 radical (unpaired) electrons. The number of benzene rings is 2. The van der Waals surface area contributed by atoms with Crippen molar-refractivity contribution >= 4 is 24.2 Å². The van der Waals surface area contributed by atoms with Gasteiger partial charge in [0.1, 0.15) is 24.7 Å². The number of rotatable bonds is 18. The minimum atomic E-state index is -0.130. The van der Waals surface area contributed by atoms with E-state index in [-0.39, 0.29) is 11.8 Å². The first-order valence-electron chi connectivity index (χ1n) is 12.4. The summed E-state index contributed by atoms with van der Waals surface area (Å²) in [5, 5.41) is 8.04. The fraction of sp³-hybridized carbons (Fsp3) is 0.310. The van der Waals surface area contributed by atoms with E-state index < -0.39 is 0 Å². The van der Waals surface area contributed by atoms with Crippen LogP contribution in [0.25, 0.3) is 0 Å². The van der Waals surface area contributed by atoms with E-state index in [1.165, 1.54) is 0 Å². The number of hydrogen-bond donors (Lipinski definition) is 2. The number of nitrogens with one attached hydrogen (secondary N) is 2. The largest absolute Gasteiger partial charge is 0.489 e. The van der Waals surface area contributed by atoms with Crippen molar-refractivity contribution < 1.29 is 19.1 Å². The van der Waals surface area contributed by atoms with E-state index in [4.69, 9.17) is 9.47 Å². The Labute approximate surface area is 219 Å². The van der Waals surface area contributed by atoms with Gasteiger partial charge in [-0.2, -0.15) is 10.2 Å². The van der Waals surface area contributed by atoms with Crippen molar-refractivity contribution in [3.8, 4) is 11.5 Å². The molecule has 2 aromatic rings. The van der Waals surface area contributed by atoms with Gasteiger partial charge in [-0.1, -0.05) is 68.8 Å². The van der Waals surface area contributed by atoms with Crippen LogP contribution in [0, 0.1) is 0 Å². The number of hydrazone groups is 2. The fourth-order valence-electron chi connectivity index (χ4n) is 3.30. The van der Waals surface area contributed by atoms with Gasteiger partial charge in [-0.05, 0) is 37.1 Å². The van der Waals surface area contributed by atoms with Crippen LogP contribution in [0.4, 0.5) is 0 Å². The summed E-state index contributed by atoms with van der Waals surface area (Å²) in [5.74, 6) is 1.10. The summed E-state index contributed by atoms with van der Waals surface area (Å²) in [6.45, 7) is 8.07. The van der Waals surface area contributed by atoms with Gasteiger partial charge in [0.15, 0.2) is 0 Å². The SMILES string of the molecule is C=CCOc1ccccc1/C=N/NC(=O)CCCCCCCC(=O)N/N=C/c1ccccc1OCC=C. The maximum atomic E-state index is 12.0. The summed E-state index contributed by atoms with van der Waals surface area (Å²) in [5.41, 5.74) is 6.66. The minimum Gasteiger partial charge on any atom is -0.489 e. The first-order chi connectivity index (χ1) is 18.1. The Morgan fingerprint density at radius 1 is 0.676 bits per heavy atom. The highest BCUT2D eigenvalue weighted by molar-refractivity contribution is 5.86. The van der Waals surface area contributed by atoms with Crippen molar-refractivity contribution in [2.24, 2.45) is 10.2 Å². The molecule has 0 saturated heterocycles. The molecule has 0 aromatic heterocycles. The first-order valence-corrected chi connectivity index (χ1v) is 12.4. The molecule has 2 amide bonds. The molecule has 0 aliphatic rings. The van der Waals surface area contributed by atoms with Gasteiger partial charge >= 0.3 is 0 Å². The number of ether oxygens (including phenoxy) is 2. The van der Waals surface area contributed by atoms with Crippen molar-refractivity contribution in [1.29, 1.82) is 0 Å². The number of carbonyl (C=O) groups excluding carboxylic acids is 2. The number of carbonyl (C=O) groups is 2. The van der Waals surface area contributed by atoms with Crippen LogP contribution in [0.2, 0.25) is 0 Å². The number of para-hydroxylation sites is 2. The standard InChI is InChI=1S/C29H36N4O4/c1-3-20-36-26-16-12-10-14-24(26)22-30-32-28(34)18-8-6-5-7-9-19-29(35)33-31-23-25-15-11-13-17-27(25)37-21-4-2/h3-4,10-17,22-23H,1-2,5-9,18-21H2,(H,32,34)(H,33,35)/b30-22+,31-23+. The maximum absolute atomic E-state index is 12.0. The molecule has 0 fully saturated rings. The van der Waals surface area contributed by atoms with Gasteiger partial charge in [0.05, 0.1) is 12.4 Å². The second-order valence-electron chi connectivity index (χ2n) is 8.13. The highest BCUT2D eigenvalue weighted by Gasteiger charge is 2.04. The van der Waals surface area contributed by atoms with E-state index in [0.717, 1.165) is 43.2 Å². The monoisotopic (exact) mass is 504 g/mol. The summed E-state index contributed by atoms with van der Waals surface area (Å²) < 4.78 is 11.1. The Morgan fingerprint density at radius 3 is 1.51 bits per heavy atom. The molecule has 2 rings (SSSR count). The predicted octanol–water partition coefficient (Wildman–Crippen LogP) is 5.15. The molecular formula is C29H36N4O4. The second kappa shape index (κ2) is 18.1. The van der Waals surface area contributed by atoms with Crippen molar-refractivity contribution in [2.75, 3.05) is 13.2 Å². The quantitative estimate of drug-likeness (QED) is 0.127. The summed E-state index contributed by atoms with van der Waals surface area (Å²) in [6.07, 6.45) is 11.6. The summed E-state index contributed by atoms with van der Waals surface area (Å²) in [6, 6.07) is 14.9. The first kappa shape index (κ1) is 29.0. The molecule has 196 valence electrons. The molecule has 0 atom stereocenters. The average molecular weight is 505 g/mol. The van der Waals surface area contributed by atoms with Gasteiger partial charge in [0.2, 0.25) is 11.8 Å². The molecule has 0 saturated carbocycles. The van der Waals surface area contributed by atoms with Crippen LogP contribution in [0.5, 0.6) is 11.5 Å². The molecule has 2 aromatic carbocycles. The molecule has 0 aliphatic carbocycles. The third kappa shape index (κ3) is 12.4. The lowest BCUT2D eigenvalue weighted by molar-refractivity contribution is -0.121. The minimum absolute atomic E-state index is 0.130. The van der Waals surface area contributed by atoms with Crippen LogP contribution in [-0.2, 0) is 9.59 Å². The fourth-order valence-corrected chi connectivity index (χ4v) is 3.30. The maximum Gasteiger partial charge on any atom is 0.240 e. The molecule has 0 unspecified atom stereocenters. The van der Waals surface area contributed by atoms with Gasteiger partial charge in [-0.25, -0.2) is 10.9 Å². The number of amides is 2. The molecule has 2 N–H and O–H groups in total. The van der Waals surface area contributed by atoms with Crippen LogP contribution in [0.15, 0.2) is 84.0 Å². The van der Waals surface area contributed by atoms with Crippen molar-refractivity contribution in [1.82, 2.24) is 10.9 Å². The van der Waals surface area contributed by atoms with E-state index in [1.54, 1.807) is 24.6 Å². The molecule has 8 heteroatoms. The smallest absolute Gasteiger partial charge is 0.240 e. The van der Waals surface area contributed by atoms with E-state index in [0.29, 0.717) is 37.6 Å². The Bertz CT molecular complexity index is 982. The van der Waals surface area contributed by atoms with Crippen LogP contribution in [0.1, 0.15) is 56.1 Å². The number of hydrogen-bond acceptors (Lipinski definition) is 6. The van der Waals surface area contributed by atoms with Crippen LogP contribution >= 0.6 is 0 Å². The van der Waals surface area contributed by atoms with Crippen molar-refractivity contribution in [3.63, 3.8) is 0 Å². The molecular weight excluding hydrogens is 468 g/mol. The van der Waals surface area contributed by atoms with Crippen LogP contribution in [-0.4, -0.2) is 37.5 Å².